The minimum atomic E-state index is -0.189. The van der Waals surface area contributed by atoms with Crippen molar-refractivity contribution in [2.75, 3.05) is 6.61 Å². The van der Waals surface area contributed by atoms with Gasteiger partial charge in [0.15, 0.2) is 5.84 Å². The first-order valence-corrected chi connectivity index (χ1v) is 6.07. The Morgan fingerprint density at radius 2 is 2.30 bits per heavy atom. The van der Waals surface area contributed by atoms with E-state index in [-0.39, 0.29) is 12.5 Å². The lowest BCUT2D eigenvalue weighted by molar-refractivity contribution is -0.476. The molecule has 1 unspecified atom stereocenters. The molecule has 3 rings (SSSR count). The average molecular weight is 266 g/mol. The third-order valence-electron chi connectivity index (χ3n) is 2.84. The summed E-state index contributed by atoms with van der Waals surface area (Å²) in [5.41, 5.74) is 7.40. The number of nitrogens with zero attached hydrogens (tertiary/aromatic N) is 4. The highest BCUT2D eigenvalue weighted by molar-refractivity contribution is 6.23. The second-order valence-electron chi connectivity index (χ2n) is 4.18. The summed E-state index contributed by atoms with van der Waals surface area (Å²) < 4.78 is 1.61. The van der Waals surface area contributed by atoms with Crippen LogP contribution in [0.1, 0.15) is 5.69 Å². The van der Waals surface area contributed by atoms with Gasteiger partial charge in [0.2, 0.25) is 0 Å². The maximum absolute atomic E-state index is 8.71. The lowest BCUT2D eigenvalue weighted by Gasteiger charge is -2.01. The Morgan fingerprint density at radius 3 is 3.05 bits per heavy atom. The molecule has 0 amide bonds. The van der Waals surface area contributed by atoms with Crippen LogP contribution in [0, 0.1) is 17.8 Å². The summed E-state index contributed by atoms with van der Waals surface area (Å²) in [6.45, 7) is -0.175. The molecule has 1 atom stereocenters. The van der Waals surface area contributed by atoms with E-state index >= 15 is 0 Å². The third-order valence-corrected chi connectivity index (χ3v) is 2.84. The normalized spacial score (nSPS) is 19.9. The number of aliphatic hydroxyl groups excluding tert-OH is 1. The van der Waals surface area contributed by atoms with Crippen LogP contribution < -0.4 is 5.73 Å². The summed E-state index contributed by atoms with van der Waals surface area (Å²) in [5, 5.41) is 12.9. The summed E-state index contributed by atoms with van der Waals surface area (Å²) in [6, 6.07) is 5.59. The number of aliphatic hydroxyl groups is 1. The van der Waals surface area contributed by atoms with Crippen LogP contribution in [-0.2, 0) is 0 Å². The van der Waals surface area contributed by atoms with Crippen molar-refractivity contribution >= 4 is 23.8 Å². The van der Waals surface area contributed by atoms with E-state index in [4.69, 9.17) is 10.8 Å². The number of aliphatic imine (C=N–C) groups is 1. The number of hydrogen-bond acceptors (Lipinski definition) is 5. The predicted molar refractivity (Wildman–Crippen MR) is 75.9 cm³/mol. The van der Waals surface area contributed by atoms with Gasteiger partial charge in [0, 0.05) is 6.20 Å². The Morgan fingerprint density at radius 1 is 1.40 bits per heavy atom. The van der Waals surface area contributed by atoms with Crippen LogP contribution in [0.2, 0.25) is 0 Å². The Balaban J connectivity index is 2.03. The van der Waals surface area contributed by atoms with Crippen LogP contribution in [0.15, 0.2) is 40.3 Å². The van der Waals surface area contributed by atoms with Gasteiger partial charge in [0.05, 0.1) is 5.69 Å². The standard InChI is InChI=1S/C14H12N5O/c15-13-12(11-5-1-2-6-16-11)14-17-8-10(4-3-7-20)9-19(14)18-13/h1-2,5-6,8-10,20H,7H2,(H2,15,18)/q+1. The monoisotopic (exact) mass is 266 g/mol. The Bertz CT molecular complexity index is 719. The molecule has 6 nitrogen and oxygen atoms in total. The van der Waals surface area contributed by atoms with Gasteiger partial charge in [0.1, 0.15) is 30.5 Å². The number of hydrogen-bond donors (Lipinski definition) is 2. The molecule has 0 saturated heterocycles. The van der Waals surface area contributed by atoms with Crippen molar-refractivity contribution in [1.82, 2.24) is 4.98 Å². The van der Waals surface area contributed by atoms with Gasteiger partial charge in [-0.1, -0.05) is 23.0 Å². The van der Waals surface area contributed by atoms with Gasteiger partial charge in [-0.3, -0.25) is 4.98 Å². The second kappa shape index (κ2) is 5.07. The van der Waals surface area contributed by atoms with Gasteiger partial charge in [-0.05, 0) is 17.1 Å². The molecule has 0 spiro atoms. The van der Waals surface area contributed by atoms with Crippen LogP contribution >= 0.6 is 0 Å². The molecule has 0 radical (unpaired) electrons. The number of amidine groups is 1. The lowest BCUT2D eigenvalue weighted by Crippen LogP contribution is -2.16. The Labute approximate surface area is 115 Å². The number of hydrazone groups is 1. The van der Waals surface area contributed by atoms with Crippen molar-refractivity contribution in [3.63, 3.8) is 0 Å². The highest BCUT2D eigenvalue weighted by atomic mass is 16.2. The molecule has 2 aliphatic rings. The minimum Gasteiger partial charge on any atom is -0.384 e. The topological polar surface area (TPSA) is 86.9 Å². The number of pyridine rings is 1. The smallest absolute Gasteiger partial charge is 0.360 e. The zero-order chi connectivity index (χ0) is 13.9. The lowest BCUT2D eigenvalue weighted by atomic mass is 10.1. The summed E-state index contributed by atoms with van der Waals surface area (Å²) in [6.07, 6.45) is 5.20. The van der Waals surface area contributed by atoms with E-state index < -0.39 is 0 Å². The predicted octanol–water partition coefficient (Wildman–Crippen LogP) is -0.184. The first kappa shape index (κ1) is 12.3. The molecule has 98 valence electrons. The van der Waals surface area contributed by atoms with Gasteiger partial charge in [-0.2, -0.15) is 0 Å². The molecule has 6 heteroatoms. The van der Waals surface area contributed by atoms with Crippen molar-refractivity contribution in [3.8, 4) is 11.8 Å². The van der Waals surface area contributed by atoms with Crippen LogP contribution in [0.25, 0.3) is 5.57 Å². The molecule has 0 fully saturated rings. The molecular formula is C14H12N5O+. The first-order valence-electron chi connectivity index (χ1n) is 6.07. The van der Waals surface area contributed by atoms with Crippen LogP contribution in [0.5, 0.6) is 0 Å². The molecule has 3 N–H and O–H groups in total. The van der Waals surface area contributed by atoms with Gasteiger partial charge >= 0.3 is 5.82 Å². The van der Waals surface area contributed by atoms with E-state index in [1.165, 1.54) is 0 Å². The summed E-state index contributed by atoms with van der Waals surface area (Å²) >= 11 is 0. The fourth-order valence-electron chi connectivity index (χ4n) is 2.01. The maximum atomic E-state index is 8.71. The number of rotatable bonds is 1. The van der Waals surface area contributed by atoms with Crippen LogP contribution in [-0.4, -0.2) is 39.6 Å². The molecule has 0 saturated carbocycles. The quantitative estimate of drug-likeness (QED) is 0.546. The highest BCUT2D eigenvalue weighted by Crippen LogP contribution is 2.25. The van der Waals surface area contributed by atoms with Crippen molar-refractivity contribution < 1.29 is 9.79 Å². The molecule has 2 aliphatic heterocycles. The van der Waals surface area contributed by atoms with Crippen LogP contribution in [0.4, 0.5) is 0 Å². The molecular weight excluding hydrogens is 254 g/mol. The van der Waals surface area contributed by atoms with Crippen molar-refractivity contribution in [2.24, 2.45) is 21.7 Å². The number of aromatic nitrogens is 1. The van der Waals surface area contributed by atoms with E-state index in [1.807, 2.05) is 18.2 Å². The zero-order valence-corrected chi connectivity index (χ0v) is 10.6. The van der Waals surface area contributed by atoms with Crippen molar-refractivity contribution in [3.05, 3.63) is 35.9 Å². The van der Waals surface area contributed by atoms with Crippen molar-refractivity contribution in [1.29, 1.82) is 0 Å². The molecule has 3 heterocycles. The Hall–Kier alpha value is -2.78. The van der Waals surface area contributed by atoms with Gasteiger partial charge < -0.3 is 10.8 Å². The van der Waals surface area contributed by atoms with E-state index in [0.29, 0.717) is 17.2 Å². The molecule has 20 heavy (non-hydrogen) atoms. The van der Waals surface area contributed by atoms with E-state index in [2.05, 4.69) is 26.9 Å². The van der Waals surface area contributed by atoms with Crippen molar-refractivity contribution in [2.45, 2.75) is 0 Å². The largest absolute Gasteiger partial charge is 0.384 e. The van der Waals surface area contributed by atoms with E-state index in [0.717, 1.165) is 5.69 Å². The summed E-state index contributed by atoms with van der Waals surface area (Å²) in [4.78, 5) is 8.64. The SMILES string of the molecule is NC1=N[N+]2=CC(C#CCO)C=NC2=C1c1ccccn1. The van der Waals surface area contributed by atoms with Gasteiger partial charge in [-0.25, -0.2) is 0 Å². The molecule has 0 bridgehead atoms. The molecule has 1 aromatic heterocycles. The van der Waals surface area contributed by atoms with E-state index in [9.17, 15) is 0 Å². The van der Waals surface area contributed by atoms with Crippen LogP contribution in [0.3, 0.4) is 0 Å². The number of nitrogens with two attached hydrogens (primary N) is 1. The molecule has 0 aliphatic carbocycles. The molecule has 1 aromatic rings. The second-order valence-corrected chi connectivity index (χ2v) is 4.18. The summed E-state index contributed by atoms with van der Waals surface area (Å²) in [5.74, 6) is 6.29. The average Bonchev–Trinajstić information content (AvgIpc) is 2.81. The summed E-state index contributed by atoms with van der Waals surface area (Å²) in [7, 11) is 0. The highest BCUT2D eigenvalue weighted by Gasteiger charge is 2.34. The maximum Gasteiger partial charge on any atom is 0.360 e. The first-order chi connectivity index (χ1) is 9.79. The molecule has 0 aromatic carbocycles. The Kier molecular flexibility index (Phi) is 3.11. The fourth-order valence-corrected chi connectivity index (χ4v) is 2.01. The van der Waals surface area contributed by atoms with E-state index in [1.54, 1.807) is 23.3 Å². The fraction of sp³-hybridized carbons (Fsp3) is 0.143. The van der Waals surface area contributed by atoms with Gasteiger partial charge in [-0.15, -0.1) is 4.68 Å². The zero-order valence-electron chi connectivity index (χ0n) is 10.6. The van der Waals surface area contributed by atoms with Gasteiger partial charge in [0.25, 0.3) is 0 Å². The third kappa shape index (κ3) is 2.11. The number of fused-ring (bicyclic) bond motifs is 1. The minimum absolute atomic E-state index is 0.175.